The van der Waals surface area contributed by atoms with Crippen LogP contribution in [0.15, 0.2) is 6.33 Å². The molecule has 6 heteroatoms. The molecule has 2 unspecified atom stereocenters. The van der Waals surface area contributed by atoms with Gasteiger partial charge in [-0.25, -0.2) is 9.97 Å². The summed E-state index contributed by atoms with van der Waals surface area (Å²) in [7, 11) is 3.16. The summed E-state index contributed by atoms with van der Waals surface area (Å²) in [4.78, 5) is 8.17. The Bertz CT molecular complexity index is 392. The topological polar surface area (TPSA) is 76.5 Å². The van der Waals surface area contributed by atoms with Gasteiger partial charge in [-0.3, -0.25) is 0 Å². The van der Waals surface area contributed by atoms with Crippen molar-refractivity contribution in [2.45, 2.75) is 31.8 Å². The van der Waals surface area contributed by atoms with Crippen molar-refractivity contribution in [3.8, 4) is 11.8 Å². The number of ether oxygens (including phenoxy) is 2. The van der Waals surface area contributed by atoms with E-state index in [-0.39, 0.29) is 6.61 Å². The Morgan fingerprint density at radius 1 is 1.26 bits per heavy atom. The Kier molecular flexibility index (Phi) is 4.93. The van der Waals surface area contributed by atoms with Crippen molar-refractivity contribution < 1.29 is 14.6 Å². The fourth-order valence-electron chi connectivity index (χ4n) is 2.64. The highest BCUT2D eigenvalue weighted by Gasteiger charge is 2.26. The van der Waals surface area contributed by atoms with Crippen molar-refractivity contribution in [2.75, 3.05) is 20.8 Å². The fraction of sp³-hybridized carbons (Fsp3) is 0.692. The average Bonchev–Trinajstić information content (AvgIpc) is 2.91. The van der Waals surface area contributed by atoms with E-state index in [0.29, 0.717) is 30.3 Å². The number of aromatic nitrogens is 2. The minimum absolute atomic E-state index is 0.233. The third-order valence-electron chi connectivity index (χ3n) is 3.69. The maximum absolute atomic E-state index is 9.32. The highest BCUT2D eigenvalue weighted by atomic mass is 16.5. The van der Waals surface area contributed by atoms with Crippen LogP contribution >= 0.6 is 0 Å². The monoisotopic (exact) mass is 267 g/mol. The molecular weight excluding hydrogens is 246 g/mol. The molecule has 0 saturated heterocycles. The molecule has 19 heavy (non-hydrogen) atoms. The molecule has 1 saturated carbocycles. The minimum Gasteiger partial charge on any atom is -0.481 e. The van der Waals surface area contributed by atoms with Crippen molar-refractivity contribution >= 4 is 0 Å². The number of nitrogens with zero attached hydrogens (tertiary/aromatic N) is 2. The van der Waals surface area contributed by atoms with Crippen LogP contribution in [0.5, 0.6) is 11.8 Å². The quantitative estimate of drug-likeness (QED) is 0.792. The molecule has 1 aliphatic carbocycles. The van der Waals surface area contributed by atoms with E-state index in [4.69, 9.17) is 9.47 Å². The van der Waals surface area contributed by atoms with Crippen LogP contribution in [0.2, 0.25) is 0 Å². The SMILES string of the molecule is COc1ncnc(OC)c1CNC1CCCC1CO. The molecule has 1 aromatic rings. The van der Waals surface area contributed by atoms with Crippen molar-refractivity contribution in [1.29, 1.82) is 0 Å². The standard InChI is InChI=1S/C13H21N3O3/c1-18-12-10(13(19-2)16-8-15-12)6-14-11-5-3-4-9(11)7-17/h8-9,11,14,17H,3-7H2,1-2H3. The predicted octanol–water partition coefficient (Wildman–Crippen LogP) is 0.744. The summed E-state index contributed by atoms with van der Waals surface area (Å²) in [5.41, 5.74) is 0.816. The zero-order valence-electron chi connectivity index (χ0n) is 11.4. The van der Waals surface area contributed by atoms with E-state index in [0.717, 1.165) is 24.8 Å². The van der Waals surface area contributed by atoms with E-state index in [1.807, 2.05) is 0 Å². The molecule has 1 aromatic heterocycles. The summed E-state index contributed by atoms with van der Waals surface area (Å²) in [6, 6.07) is 0.333. The van der Waals surface area contributed by atoms with Crippen LogP contribution in [0.25, 0.3) is 0 Å². The predicted molar refractivity (Wildman–Crippen MR) is 70.2 cm³/mol. The Hall–Kier alpha value is -1.40. The Balaban J connectivity index is 2.06. The van der Waals surface area contributed by atoms with Crippen LogP contribution in [0.4, 0.5) is 0 Å². The number of nitrogens with one attached hydrogen (secondary N) is 1. The van der Waals surface area contributed by atoms with Gasteiger partial charge in [0.25, 0.3) is 0 Å². The van der Waals surface area contributed by atoms with Crippen molar-refractivity contribution in [1.82, 2.24) is 15.3 Å². The zero-order chi connectivity index (χ0) is 13.7. The molecule has 1 heterocycles. The first-order valence-electron chi connectivity index (χ1n) is 6.56. The van der Waals surface area contributed by atoms with Gasteiger partial charge in [-0.05, 0) is 18.8 Å². The van der Waals surface area contributed by atoms with Gasteiger partial charge in [0.1, 0.15) is 6.33 Å². The molecule has 0 radical (unpaired) electrons. The largest absolute Gasteiger partial charge is 0.481 e. The van der Waals surface area contributed by atoms with Gasteiger partial charge < -0.3 is 19.9 Å². The lowest BCUT2D eigenvalue weighted by molar-refractivity contribution is 0.204. The second-order valence-corrected chi connectivity index (χ2v) is 4.73. The van der Waals surface area contributed by atoms with E-state index < -0.39 is 0 Å². The summed E-state index contributed by atoms with van der Waals surface area (Å²) in [5.74, 6) is 1.39. The molecule has 2 N–H and O–H groups in total. The first kappa shape index (κ1) is 14.0. The van der Waals surface area contributed by atoms with Crippen LogP contribution in [0.3, 0.4) is 0 Å². The first-order valence-corrected chi connectivity index (χ1v) is 6.56. The van der Waals surface area contributed by atoms with Crippen molar-refractivity contribution in [3.05, 3.63) is 11.9 Å². The van der Waals surface area contributed by atoms with Gasteiger partial charge in [0.05, 0.1) is 19.8 Å². The summed E-state index contributed by atoms with van der Waals surface area (Å²) < 4.78 is 10.5. The molecule has 0 bridgehead atoms. The number of aliphatic hydroxyl groups excluding tert-OH is 1. The number of hydrogen-bond acceptors (Lipinski definition) is 6. The highest BCUT2D eigenvalue weighted by molar-refractivity contribution is 5.34. The molecule has 0 spiro atoms. The van der Waals surface area contributed by atoms with Gasteiger partial charge in [-0.15, -0.1) is 0 Å². The Morgan fingerprint density at radius 2 is 1.95 bits per heavy atom. The summed E-state index contributed by atoms with van der Waals surface area (Å²) in [6.45, 7) is 0.811. The average molecular weight is 267 g/mol. The number of methoxy groups -OCH3 is 2. The van der Waals surface area contributed by atoms with E-state index in [9.17, 15) is 5.11 Å². The lowest BCUT2D eigenvalue weighted by Gasteiger charge is -2.20. The molecule has 1 fully saturated rings. The maximum atomic E-state index is 9.32. The smallest absolute Gasteiger partial charge is 0.224 e. The van der Waals surface area contributed by atoms with Gasteiger partial charge in [-0.1, -0.05) is 6.42 Å². The summed E-state index contributed by atoms with van der Waals surface area (Å²) >= 11 is 0. The third-order valence-corrected chi connectivity index (χ3v) is 3.69. The van der Waals surface area contributed by atoms with E-state index in [1.54, 1.807) is 14.2 Å². The zero-order valence-corrected chi connectivity index (χ0v) is 11.4. The van der Waals surface area contributed by atoms with Gasteiger partial charge in [0.15, 0.2) is 0 Å². The van der Waals surface area contributed by atoms with E-state index in [2.05, 4.69) is 15.3 Å². The Labute approximate surface area is 113 Å². The van der Waals surface area contributed by atoms with Crippen LogP contribution in [0, 0.1) is 5.92 Å². The molecule has 2 rings (SSSR count). The van der Waals surface area contributed by atoms with Crippen LogP contribution in [-0.2, 0) is 6.54 Å². The molecule has 6 nitrogen and oxygen atoms in total. The highest BCUT2D eigenvalue weighted by Crippen LogP contribution is 2.27. The second kappa shape index (κ2) is 6.68. The van der Waals surface area contributed by atoms with E-state index in [1.165, 1.54) is 6.33 Å². The molecule has 1 aliphatic rings. The normalized spacial score (nSPS) is 22.5. The number of rotatable bonds is 6. The fourth-order valence-corrected chi connectivity index (χ4v) is 2.64. The molecular formula is C13H21N3O3. The van der Waals surface area contributed by atoms with Crippen LogP contribution in [-0.4, -0.2) is 41.9 Å². The van der Waals surface area contributed by atoms with Crippen LogP contribution in [0.1, 0.15) is 24.8 Å². The lowest BCUT2D eigenvalue weighted by atomic mass is 10.0. The molecule has 0 amide bonds. The molecule has 106 valence electrons. The van der Waals surface area contributed by atoms with Gasteiger partial charge >= 0.3 is 0 Å². The molecule has 0 aliphatic heterocycles. The number of hydrogen-bond donors (Lipinski definition) is 2. The number of aliphatic hydroxyl groups is 1. The van der Waals surface area contributed by atoms with Gasteiger partial charge in [-0.2, -0.15) is 0 Å². The molecule has 2 atom stereocenters. The maximum Gasteiger partial charge on any atom is 0.224 e. The van der Waals surface area contributed by atoms with E-state index >= 15 is 0 Å². The Morgan fingerprint density at radius 3 is 2.53 bits per heavy atom. The second-order valence-electron chi connectivity index (χ2n) is 4.73. The van der Waals surface area contributed by atoms with Crippen molar-refractivity contribution in [3.63, 3.8) is 0 Å². The summed E-state index contributed by atoms with van der Waals surface area (Å²) in [6.07, 6.45) is 4.74. The lowest BCUT2D eigenvalue weighted by Crippen LogP contribution is -2.33. The third kappa shape index (κ3) is 3.13. The molecule has 0 aromatic carbocycles. The van der Waals surface area contributed by atoms with Gasteiger partial charge in [0.2, 0.25) is 11.8 Å². The van der Waals surface area contributed by atoms with Gasteiger partial charge in [0, 0.05) is 19.2 Å². The summed E-state index contributed by atoms with van der Waals surface area (Å²) in [5, 5.41) is 12.8. The van der Waals surface area contributed by atoms with Crippen molar-refractivity contribution in [2.24, 2.45) is 5.92 Å². The van der Waals surface area contributed by atoms with Crippen LogP contribution < -0.4 is 14.8 Å². The first-order chi connectivity index (χ1) is 9.30. The minimum atomic E-state index is 0.233.